The maximum absolute atomic E-state index is 15.0. The number of ether oxygens (including phenoxy) is 7. The molecule has 3 saturated heterocycles. The molecule has 0 spiro atoms. The Morgan fingerprint density at radius 1 is 0.580 bits per heavy atom. The molecule has 3 heterocycles. The molecule has 3 aliphatic rings. The highest BCUT2D eigenvalue weighted by Crippen LogP contribution is 2.36. The maximum atomic E-state index is 15.0. The summed E-state index contributed by atoms with van der Waals surface area (Å²) in [6, 6.07) is 11.1. The van der Waals surface area contributed by atoms with E-state index in [-0.39, 0.29) is 67.6 Å². The third-order valence-corrected chi connectivity index (χ3v) is 23.2. The molecule has 0 bridgehead atoms. The van der Waals surface area contributed by atoms with E-state index in [9.17, 15) is 53.1 Å². The number of rotatable bonds is 41. The average Bonchev–Trinajstić information content (AvgIpc) is 1.13. The van der Waals surface area contributed by atoms with Gasteiger partial charge in [0.05, 0.1) is 79.4 Å². The normalized spacial score (nSPS) is 21.5. The average molecular weight is 1570 g/mol. The van der Waals surface area contributed by atoms with E-state index >= 15 is 0 Å². The number of amides is 10. The highest BCUT2D eigenvalue weighted by Gasteiger charge is 2.50. The van der Waals surface area contributed by atoms with Gasteiger partial charge in [0.25, 0.3) is 5.91 Å². The molecule has 28 heteroatoms. The molecule has 0 saturated carbocycles. The zero-order valence-corrected chi connectivity index (χ0v) is 71.3. The van der Waals surface area contributed by atoms with Crippen LogP contribution in [0.1, 0.15) is 185 Å². The van der Waals surface area contributed by atoms with E-state index in [4.69, 9.17) is 33.2 Å². The van der Waals surface area contributed by atoms with Crippen LogP contribution >= 0.6 is 0 Å². The predicted octanol–water partition coefficient (Wildman–Crippen LogP) is 8.49. The van der Waals surface area contributed by atoms with Crippen LogP contribution in [-0.4, -0.2) is 268 Å². The number of benzene rings is 2. The lowest BCUT2D eigenvalue weighted by molar-refractivity contribution is -0.173. The Labute approximate surface area is 666 Å². The number of methoxy groups -OCH3 is 4. The first-order chi connectivity index (χ1) is 52.9. The van der Waals surface area contributed by atoms with Gasteiger partial charge in [-0.25, -0.2) is 9.59 Å². The fourth-order valence-corrected chi connectivity index (χ4v) is 16.3. The molecule has 10 amide bonds. The molecule has 0 aliphatic carbocycles. The Hall–Kier alpha value is -7.76. The van der Waals surface area contributed by atoms with E-state index in [0.717, 1.165) is 15.4 Å². The molecule has 28 nitrogen and oxygen atoms in total. The highest BCUT2D eigenvalue weighted by atomic mass is 16.6. The monoisotopic (exact) mass is 1570 g/mol. The summed E-state index contributed by atoms with van der Waals surface area (Å²) >= 11 is 0. The van der Waals surface area contributed by atoms with E-state index < -0.39 is 163 Å². The number of nitrogens with zero attached hydrogens (tertiary/aromatic N) is 6. The largest absolute Gasteiger partial charge is 0.445 e. The summed E-state index contributed by atoms with van der Waals surface area (Å²) in [5.41, 5.74) is 1.94. The van der Waals surface area contributed by atoms with Crippen LogP contribution in [0, 0.1) is 41.4 Å². The first kappa shape index (κ1) is 94.8. The van der Waals surface area contributed by atoms with Crippen molar-refractivity contribution in [1.82, 2.24) is 50.7 Å². The van der Waals surface area contributed by atoms with E-state index in [0.29, 0.717) is 62.8 Å². The molecule has 2 aromatic rings. The van der Waals surface area contributed by atoms with Crippen molar-refractivity contribution < 1.29 is 86.2 Å². The Balaban J connectivity index is 1.20. The van der Waals surface area contributed by atoms with Gasteiger partial charge < -0.3 is 79.1 Å². The Kier molecular flexibility index (Phi) is 37.9. The fourth-order valence-electron chi connectivity index (χ4n) is 16.3. The van der Waals surface area contributed by atoms with Gasteiger partial charge in [-0.3, -0.25) is 48.2 Å². The third-order valence-electron chi connectivity index (χ3n) is 23.2. The van der Waals surface area contributed by atoms with Crippen molar-refractivity contribution in [3.8, 4) is 0 Å². The van der Waals surface area contributed by atoms with Crippen LogP contribution in [0.4, 0.5) is 9.59 Å². The molecule has 3 aliphatic heterocycles. The lowest BCUT2D eigenvalue weighted by Gasteiger charge is -2.42. The second-order valence-electron chi connectivity index (χ2n) is 32.3. The number of likely N-dealkylation sites (N-methyl/N-ethyl adjacent to an activating group) is 4. The summed E-state index contributed by atoms with van der Waals surface area (Å²) in [4.78, 5) is 153. The number of carbonyl (C=O) groups excluding carboxylic acids is 10. The molecule has 5 N–H and O–H groups in total. The topological polar surface area (TPSA) is 323 Å². The second-order valence-corrected chi connectivity index (χ2v) is 32.3. The SMILES string of the molecule is C/C=C(/COC(=O)N(C)[C@H](C(=O)NC(C(=O)N(C)C([C@@H](C)CC)[C@@H](CC(=O)N1CCC[C@H]1[C@H](OC)[C@H]1OC(c2ccccc2)[C@@H](C)NC1=O)OC)C(C)C)C(C)C)COC(=O)N(C)[C@H](C(=O)NC(C(=O)N(C)[C@@H]([C@@H](C)CC)[C@@H](CC(=O)N1CCC[C@H]1[C@H](OC)[C@@H](C)C(=O)N[C@H](C)[C@@H](O)c1ccccc1)OC)C(C)C)C(C)C. The first-order valence-electron chi connectivity index (χ1n) is 40.2. The van der Waals surface area contributed by atoms with E-state index in [1.165, 1.54) is 42.5 Å². The van der Waals surface area contributed by atoms with Crippen molar-refractivity contribution in [2.24, 2.45) is 41.4 Å². The lowest BCUT2D eigenvalue weighted by Crippen LogP contribution is -2.61. The summed E-state index contributed by atoms with van der Waals surface area (Å²) in [7, 11) is 12.1. The highest BCUT2D eigenvalue weighted by molar-refractivity contribution is 5.93. The number of allylic oxidation sites excluding steroid dienone is 1. The zero-order valence-electron chi connectivity index (χ0n) is 71.3. The third kappa shape index (κ3) is 24.2. The van der Waals surface area contributed by atoms with Gasteiger partial charge in [-0.15, -0.1) is 0 Å². The molecule has 3 fully saturated rings. The Bertz CT molecular complexity index is 3400. The first-order valence-corrected chi connectivity index (χ1v) is 40.2. The lowest BCUT2D eigenvalue weighted by atomic mass is 9.89. The number of aliphatic hydroxyl groups is 1. The molecule has 5 rings (SSSR count). The van der Waals surface area contributed by atoms with Gasteiger partial charge in [0.15, 0.2) is 6.10 Å². The summed E-state index contributed by atoms with van der Waals surface area (Å²) in [6.07, 6.45) is -2.07. The quantitative estimate of drug-likeness (QED) is 0.0390. The van der Waals surface area contributed by atoms with Crippen molar-refractivity contribution >= 4 is 59.4 Å². The van der Waals surface area contributed by atoms with Gasteiger partial charge >= 0.3 is 12.2 Å². The van der Waals surface area contributed by atoms with Crippen LogP contribution in [0.2, 0.25) is 0 Å². The van der Waals surface area contributed by atoms with Gasteiger partial charge in [0, 0.05) is 75.3 Å². The smallest absolute Gasteiger partial charge is 0.410 e. The van der Waals surface area contributed by atoms with Crippen LogP contribution < -0.4 is 21.3 Å². The minimum absolute atomic E-state index is 0.101. The predicted molar refractivity (Wildman–Crippen MR) is 427 cm³/mol. The number of hydrogen-bond donors (Lipinski definition) is 5. The minimum Gasteiger partial charge on any atom is -0.445 e. The van der Waals surface area contributed by atoms with Crippen molar-refractivity contribution in [3.05, 3.63) is 83.4 Å². The summed E-state index contributed by atoms with van der Waals surface area (Å²) < 4.78 is 42.3. The number of carbonyl (C=O) groups is 10. The molecule has 630 valence electrons. The van der Waals surface area contributed by atoms with E-state index in [2.05, 4.69) is 21.3 Å². The number of likely N-dealkylation sites (tertiary alicyclic amines) is 2. The standard InChI is InChI=1S/C84H136N10O18/c1-25-52(12)70(62(106-21)44-64(95)93-42-34-40-60(93)73(108-23)54(14)77(98)85-55(15)72(97)58-36-30-28-31-37-58)89(17)81(102)66(48(4)5)87-78(99)68(50(8)9)91(19)83(104)110-46-57(27-3)47-111-84(105)92(20)69(51(10)11)79(100)88-67(49(6)7)82(103)90(18)71(53(13)26-2)63(107-22)45-65(96)94-43-35-41-61(94)75(109-24)76-80(101)86-56(16)74(112-76)59-38-32-29-33-39-59/h27-33,36-39,48-56,60-63,66-76,97H,25-26,34-35,40-47H2,1-24H3,(H,85,98)(H,86,101)(H,87,99)(H,88,100)/b57-27+/t52-,53-,54+,55+,56+,60-,61-,62+,63+,66?,67?,68-,69-,70-,71?,72+,73+,74?,75-,76+/m0/s1. The van der Waals surface area contributed by atoms with Crippen molar-refractivity contribution in [2.45, 2.75) is 265 Å². The summed E-state index contributed by atoms with van der Waals surface area (Å²) in [5.74, 6) is -6.16. The Morgan fingerprint density at radius 3 is 1.40 bits per heavy atom. The van der Waals surface area contributed by atoms with Crippen LogP contribution in [0.15, 0.2) is 72.3 Å². The van der Waals surface area contributed by atoms with Crippen LogP contribution in [0.3, 0.4) is 0 Å². The molecular weight excluding hydrogens is 1440 g/mol. The molecule has 2 aromatic carbocycles. The fraction of sp³-hybridized carbons (Fsp3) is 0.714. The van der Waals surface area contributed by atoms with E-state index in [1.54, 1.807) is 128 Å². The number of morpholine rings is 1. The maximum Gasteiger partial charge on any atom is 0.410 e. The van der Waals surface area contributed by atoms with Gasteiger partial charge in [-0.2, -0.15) is 0 Å². The molecular formula is C84H136N10O18. The number of aliphatic hydroxyl groups excluding tert-OH is 1. The van der Waals surface area contributed by atoms with Gasteiger partial charge in [0.1, 0.15) is 49.6 Å². The van der Waals surface area contributed by atoms with Gasteiger partial charge in [0.2, 0.25) is 41.4 Å². The van der Waals surface area contributed by atoms with Crippen LogP contribution in [0.5, 0.6) is 0 Å². The second kappa shape index (κ2) is 44.8. The Morgan fingerprint density at radius 2 is 1.01 bits per heavy atom. The summed E-state index contributed by atoms with van der Waals surface area (Å²) in [6.45, 7) is 29.3. The molecule has 0 radical (unpaired) electrons. The van der Waals surface area contributed by atoms with Crippen LogP contribution in [0.25, 0.3) is 0 Å². The molecule has 112 heavy (non-hydrogen) atoms. The van der Waals surface area contributed by atoms with Crippen molar-refractivity contribution in [2.75, 3.05) is 82.9 Å². The van der Waals surface area contributed by atoms with Gasteiger partial charge in [-0.1, -0.05) is 170 Å². The molecule has 4 unspecified atom stereocenters. The van der Waals surface area contributed by atoms with Crippen molar-refractivity contribution in [3.63, 3.8) is 0 Å². The molecule has 20 atom stereocenters. The summed E-state index contributed by atoms with van der Waals surface area (Å²) in [5, 5.41) is 22.9. The number of hydrogen-bond acceptors (Lipinski definition) is 18. The number of nitrogens with one attached hydrogen (secondary N) is 4. The van der Waals surface area contributed by atoms with Crippen LogP contribution in [-0.2, 0) is 71.5 Å². The minimum atomic E-state index is -1.13. The van der Waals surface area contributed by atoms with Gasteiger partial charge in [-0.05, 0) is 93.1 Å². The van der Waals surface area contributed by atoms with Crippen molar-refractivity contribution in [1.29, 1.82) is 0 Å². The zero-order chi connectivity index (χ0) is 83.9. The van der Waals surface area contributed by atoms with E-state index in [1.807, 2.05) is 83.1 Å². The molecule has 0 aromatic heterocycles.